The van der Waals surface area contributed by atoms with E-state index in [0.717, 1.165) is 50.3 Å². The maximum atomic E-state index is 4.90. The molecule has 0 bridgehead atoms. The molecule has 46 heavy (non-hydrogen) atoms. The van der Waals surface area contributed by atoms with Crippen molar-refractivity contribution in [1.82, 2.24) is 19.5 Å². The third kappa shape index (κ3) is 5.96. The molecule has 0 saturated heterocycles. The molecular formula is C40H25IrN4Na-2. The van der Waals surface area contributed by atoms with Gasteiger partial charge in [-0.2, -0.15) is 0 Å². The predicted octanol–water partition coefficient (Wildman–Crippen LogP) is 6.46. The van der Waals surface area contributed by atoms with Crippen LogP contribution in [0.2, 0.25) is 0 Å². The summed E-state index contributed by atoms with van der Waals surface area (Å²) in [5.41, 5.74) is 9.32. The van der Waals surface area contributed by atoms with Gasteiger partial charge in [0.2, 0.25) is 0 Å². The van der Waals surface area contributed by atoms with E-state index in [4.69, 9.17) is 9.97 Å². The molecule has 0 amide bonds. The molecule has 0 N–H and O–H groups in total. The van der Waals surface area contributed by atoms with E-state index >= 15 is 0 Å². The minimum Gasteiger partial charge on any atom is -0.657 e. The molecule has 9 aromatic rings. The molecule has 0 fully saturated rings. The molecule has 4 nitrogen and oxygen atoms in total. The van der Waals surface area contributed by atoms with Gasteiger partial charge in [-0.25, -0.2) is 0 Å². The molecule has 217 valence electrons. The third-order valence-electron chi connectivity index (χ3n) is 7.85. The van der Waals surface area contributed by atoms with Crippen LogP contribution in [0, 0.1) is 12.1 Å². The Morgan fingerprint density at radius 2 is 1.20 bits per heavy atom. The fourth-order valence-corrected chi connectivity index (χ4v) is 5.82. The Hall–Kier alpha value is -4.35. The summed E-state index contributed by atoms with van der Waals surface area (Å²) in [4.78, 5) is 13.9. The minimum absolute atomic E-state index is 0. The van der Waals surface area contributed by atoms with Gasteiger partial charge >= 0.3 is 29.6 Å². The first-order chi connectivity index (χ1) is 21.8. The summed E-state index contributed by atoms with van der Waals surface area (Å²) in [5, 5.41) is 4.76. The van der Waals surface area contributed by atoms with Gasteiger partial charge in [-0.1, -0.05) is 66.7 Å². The van der Waals surface area contributed by atoms with Crippen LogP contribution in [0.15, 0.2) is 152 Å². The summed E-state index contributed by atoms with van der Waals surface area (Å²) in [6, 6.07) is 53.6. The topological polar surface area (TPSA) is 44.8 Å². The first kappa shape index (κ1) is 31.6. The summed E-state index contributed by atoms with van der Waals surface area (Å²) in [7, 11) is 0. The van der Waals surface area contributed by atoms with Crippen LogP contribution in [0.5, 0.6) is 0 Å². The minimum atomic E-state index is 0. The maximum absolute atomic E-state index is 4.90. The van der Waals surface area contributed by atoms with E-state index in [2.05, 4.69) is 88.4 Å². The molecule has 0 spiro atoms. The Morgan fingerprint density at radius 1 is 0.522 bits per heavy atom. The van der Waals surface area contributed by atoms with Crippen molar-refractivity contribution in [3.05, 3.63) is 164 Å². The van der Waals surface area contributed by atoms with Crippen molar-refractivity contribution in [2.45, 2.75) is 0 Å². The second kappa shape index (κ2) is 14.0. The average molecular weight is 777 g/mol. The van der Waals surface area contributed by atoms with Gasteiger partial charge in [-0.3, -0.25) is 0 Å². The van der Waals surface area contributed by atoms with Crippen molar-refractivity contribution in [1.29, 1.82) is 0 Å². The second-order valence-corrected chi connectivity index (χ2v) is 10.5. The molecule has 9 rings (SSSR count). The van der Waals surface area contributed by atoms with Crippen LogP contribution < -0.4 is 34.5 Å². The van der Waals surface area contributed by atoms with Crippen LogP contribution in [0.1, 0.15) is 0 Å². The van der Waals surface area contributed by atoms with Crippen molar-refractivity contribution < 1.29 is 49.7 Å². The predicted molar refractivity (Wildman–Crippen MR) is 180 cm³/mol. The molecule has 5 aromatic carbocycles. The fourth-order valence-electron chi connectivity index (χ4n) is 5.82. The van der Waals surface area contributed by atoms with Crippen molar-refractivity contribution in [3.63, 3.8) is 0 Å². The average Bonchev–Trinajstić information content (AvgIpc) is 3.63. The monoisotopic (exact) mass is 777 g/mol. The number of para-hydroxylation sites is 2. The number of benzene rings is 5. The van der Waals surface area contributed by atoms with E-state index in [9.17, 15) is 0 Å². The van der Waals surface area contributed by atoms with Crippen molar-refractivity contribution in [3.8, 4) is 28.2 Å². The van der Waals surface area contributed by atoms with Crippen LogP contribution in [0.4, 0.5) is 0 Å². The SMILES string of the molecule is [Ir].[Na+].[c-]1ccccc1-c1cc2c3cc4c(cc3n(-c3ccccc3)c2cn1)[n-]c1ccccc14.[c-]1ccccc1-c1ccccn1. The van der Waals surface area contributed by atoms with Gasteiger partial charge < -0.3 is 19.5 Å². The Balaban J connectivity index is 0.000000226. The van der Waals surface area contributed by atoms with Crippen molar-refractivity contribution in [2.24, 2.45) is 0 Å². The molecule has 0 aliphatic rings. The quantitative estimate of drug-likeness (QED) is 0.153. The molecular weight excluding hydrogens is 752 g/mol. The number of aromatic nitrogens is 4. The largest absolute Gasteiger partial charge is 1.00 e. The summed E-state index contributed by atoms with van der Waals surface area (Å²) in [6.45, 7) is 0. The van der Waals surface area contributed by atoms with E-state index in [-0.39, 0.29) is 49.7 Å². The van der Waals surface area contributed by atoms with Gasteiger partial charge in [-0.15, -0.1) is 82.8 Å². The van der Waals surface area contributed by atoms with Gasteiger partial charge in [-0.05, 0) is 46.4 Å². The summed E-state index contributed by atoms with van der Waals surface area (Å²) >= 11 is 0. The van der Waals surface area contributed by atoms with Crippen LogP contribution in [0.25, 0.3) is 71.8 Å². The second-order valence-electron chi connectivity index (χ2n) is 10.5. The zero-order valence-electron chi connectivity index (χ0n) is 25.1. The van der Waals surface area contributed by atoms with Gasteiger partial charge in [0.1, 0.15) is 0 Å². The molecule has 4 heterocycles. The van der Waals surface area contributed by atoms with Gasteiger partial charge in [0.15, 0.2) is 0 Å². The maximum Gasteiger partial charge on any atom is 1.00 e. The van der Waals surface area contributed by atoms with E-state index in [0.29, 0.717) is 0 Å². The number of rotatable bonds is 3. The summed E-state index contributed by atoms with van der Waals surface area (Å²) in [6.07, 6.45) is 3.77. The smallest absolute Gasteiger partial charge is 0.657 e. The summed E-state index contributed by atoms with van der Waals surface area (Å²) in [5.74, 6) is 0. The molecule has 0 aliphatic heterocycles. The number of fused-ring (bicyclic) bond motifs is 6. The first-order valence-corrected chi connectivity index (χ1v) is 14.5. The van der Waals surface area contributed by atoms with Crippen LogP contribution in [-0.4, -0.2) is 14.5 Å². The normalized spacial score (nSPS) is 10.7. The number of pyridine rings is 2. The Kier molecular flexibility index (Phi) is 9.60. The van der Waals surface area contributed by atoms with Crippen molar-refractivity contribution >= 4 is 43.6 Å². The van der Waals surface area contributed by atoms with Crippen LogP contribution in [0.3, 0.4) is 0 Å². The van der Waals surface area contributed by atoms with Crippen LogP contribution >= 0.6 is 0 Å². The molecule has 0 saturated carbocycles. The molecule has 6 heteroatoms. The molecule has 0 aliphatic carbocycles. The van der Waals surface area contributed by atoms with E-state index in [1.807, 2.05) is 79.0 Å². The van der Waals surface area contributed by atoms with Gasteiger partial charge in [0.25, 0.3) is 0 Å². The van der Waals surface area contributed by atoms with E-state index in [1.165, 1.54) is 21.5 Å². The standard InChI is InChI=1S/C29H17N3.C11H8N.Ir.Na/c1-3-9-19(10-4-1)26-16-24-23-15-22-21-13-7-8-14-25(21)31-27(22)17-28(23)32(29(24)18-30-26)20-11-5-2-6-12-20;1-2-6-10(7-3-1)11-8-4-5-9-12-11;;/h1-9,11-18H;1-6,8-9H;;/q-2;-1;;+1. The Bertz CT molecular complexity index is 2330. The van der Waals surface area contributed by atoms with Crippen LogP contribution in [-0.2, 0) is 20.1 Å². The number of nitrogens with zero attached hydrogens (tertiary/aromatic N) is 4. The molecule has 0 unspecified atom stereocenters. The van der Waals surface area contributed by atoms with Gasteiger partial charge in [0.05, 0.1) is 11.0 Å². The van der Waals surface area contributed by atoms with E-state index in [1.54, 1.807) is 6.20 Å². The number of hydrogen-bond acceptors (Lipinski definition) is 2. The fraction of sp³-hybridized carbons (Fsp3) is 0. The van der Waals surface area contributed by atoms with Gasteiger partial charge in [0, 0.05) is 49.0 Å². The zero-order valence-corrected chi connectivity index (χ0v) is 29.5. The molecule has 0 atom stereocenters. The first-order valence-electron chi connectivity index (χ1n) is 14.5. The number of hydrogen-bond donors (Lipinski definition) is 0. The molecule has 1 radical (unpaired) electrons. The zero-order chi connectivity index (χ0) is 29.3. The Labute approximate surface area is 302 Å². The third-order valence-corrected chi connectivity index (χ3v) is 7.85. The summed E-state index contributed by atoms with van der Waals surface area (Å²) < 4.78 is 2.29. The van der Waals surface area contributed by atoms with E-state index < -0.39 is 0 Å². The van der Waals surface area contributed by atoms with Crippen molar-refractivity contribution in [2.75, 3.05) is 0 Å². The molecule has 4 aromatic heterocycles. The Morgan fingerprint density at radius 3 is 1.91 bits per heavy atom.